The highest BCUT2D eigenvalue weighted by Crippen LogP contribution is 2.52. The smallest absolute Gasteiger partial charge is 0.257 e. The molecule has 13 heteroatoms. The first-order chi connectivity index (χ1) is 23.3. The molecule has 1 N–H and O–H groups in total. The predicted molar refractivity (Wildman–Crippen MR) is 186 cm³/mol. The lowest BCUT2D eigenvalue weighted by Gasteiger charge is -2.59. The highest BCUT2D eigenvalue weighted by Gasteiger charge is 2.54. The van der Waals surface area contributed by atoms with Gasteiger partial charge in [0.1, 0.15) is 29.7 Å². The largest absolute Gasteiger partial charge is 0.490 e. The van der Waals surface area contributed by atoms with Crippen LogP contribution in [0, 0.1) is 11.2 Å². The van der Waals surface area contributed by atoms with Crippen molar-refractivity contribution in [1.29, 1.82) is 0 Å². The lowest BCUT2D eigenvalue weighted by atomic mass is 9.61. The zero-order valence-electron chi connectivity index (χ0n) is 28.6. The average molecular weight is 696 g/mol. The van der Waals surface area contributed by atoms with Gasteiger partial charge < -0.3 is 29.3 Å². The summed E-state index contributed by atoms with van der Waals surface area (Å²) in [6.45, 7) is 13.4. The molecule has 1 saturated carbocycles. The first-order valence-corrected chi connectivity index (χ1v) is 17.3. The number of hydrogen-bond acceptors (Lipinski definition) is 10. The predicted octanol–water partition coefficient (Wildman–Crippen LogP) is 4.88. The van der Waals surface area contributed by atoms with E-state index in [-0.39, 0.29) is 47.2 Å². The number of nitrogens with zero attached hydrogens (tertiary/aromatic N) is 6. The molecule has 0 unspecified atom stereocenters. The molecule has 3 aromatic rings. The molecule has 2 aromatic heterocycles. The number of halogens is 2. The summed E-state index contributed by atoms with van der Waals surface area (Å²) in [5.41, 5.74) is 2.72. The third-order valence-corrected chi connectivity index (χ3v) is 10.2. The fourth-order valence-electron chi connectivity index (χ4n) is 7.65. The molecule has 1 aliphatic carbocycles. The van der Waals surface area contributed by atoms with Crippen LogP contribution in [-0.2, 0) is 17.7 Å². The van der Waals surface area contributed by atoms with E-state index in [1.54, 1.807) is 11.1 Å². The Balaban J connectivity index is 0.00000417. The Morgan fingerprint density at radius 3 is 2.78 bits per heavy atom. The van der Waals surface area contributed by atoms with Gasteiger partial charge in [0, 0.05) is 87.2 Å². The molecule has 4 aliphatic rings. The second-order valence-electron chi connectivity index (χ2n) is 13.9. The van der Waals surface area contributed by atoms with E-state index in [2.05, 4.69) is 30.1 Å². The van der Waals surface area contributed by atoms with E-state index in [9.17, 15) is 9.18 Å². The van der Waals surface area contributed by atoms with Crippen molar-refractivity contribution in [1.82, 2.24) is 30.1 Å². The molecule has 1 atom stereocenters. The molecule has 1 aromatic carbocycles. The van der Waals surface area contributed by atoms with Crippen LogP contribution in [0.25, 0.3) is 0 Å². The van der Waals surface area contributed by atoms with Gasteiger partial charge in [-0.2, -0.15) is 0 Å². The summed E-state index contributed by atoms with van der Waals surface area (Å²) in [7, 11) is 0. The first-order valence-electron chi connectivity index (χ1n) is 17.3. The Morgan fingerprint density at radius 1 is 1.18 bits per heavy atom. The number of carbonyl (C=O) groups is 1. The van der Waals surface area contributed by atoms with Gasteiger partial charge in [-0.15, -0.1) is 12.4 Å². The number of morpholine rings is 1. The Bertz CT molecular complexity index is 1610. The highest BCUT2D eigenvalue weighted by molar-refractivity contribution is 5.97. The van der Waals surface area contributed by atoms with Crippen LogP contribution in [-0.4, -0.2) is 101 Å². The summed E-state index contributed by atoms with van der Waals surface area (Å²) in [5, 5.41) is 3.56. The van der Waals surface area contributed by atoms with Crippen molar-refractivity contribution in [2.45, 2.75) is 71.2 Å². The maximum Gasteiger partial charge on any atom is 0.257 e. The second kappa shape index (κ2) is 15.1. The number of anilines is 1. The van der Waals surface area contributed by atoms with E-state index in [0.717, 1.165) is 89.6 Å². The molecule has 2 saturated heterocycles. The number of hydrogen-bond donors (Lipinski definition) is 1. The summed E-state index contributed by atoms with van der Waals surface area (Å²) in [6.07, 6.45) is 9.10. The Labute approximate surface area is 293 Å². The summed E-state index contributed by atoms with van der Waals surface area (Å²) >= 11 is 0. The van der Waals surface area contributed by atoms with Crippen LogP contribution in [0.2, 0.25) is 0 Å². The van der Waals surface area contributed by atoms with E-state index >= 15 is 0 Å². The van der Waals surface area contributed by atoms with Crippen LogP contribution in [0.3, 0.4) is 0 Å². The summed E-state index contributed by atoms with van der Waals surface area (Å²) in [4.78, 5) is 33.2. The number of carbonyl (C=O) groups excluding carboxylic acids is 1. The maximum absolute atomic E-state index is 14.3. The zero-order chi connectivity index (χ0) is 33.3. The van der Waals surface area contributed by atoms with Gasteiger partial charge in [0.15, 0.2) is 11.6 Å². The van der Waals surface area contributed by atoms with Crippen molar-refractivity contribution in [3.63, 3.8) is 0 Å². The quantitative estimate of drug-likeness (QED) is 0.299. The molecule has 0 radical (unpaired) electrons. The molecule has 0 bridgehead atoms. The van der Waals surface area contributed by atoms with Gasteiger partial charge in [-0.25, -0.2) is 14.4 Å². The molecule has 3 fully saturated rings. The van der Waals surface area contributed by atoms with Crippen LogP contribution in [0.1, 0.15) is 61.6 Å². The topological polar surface area (TPSA) is 105 Å². The zero-order valence-corrected chi connectivity index (χ0v) is 29.4. The van der Waals surface area contributed by atoms with Gasteiger partial charge in [-0.1, -0.05) is 0 Å². The summed E-state index contributed by atoms with van der Waals surface area (Å²) in [6, 6.07) is 6.45. The number of amides is 1. The lowest BCUT2D eigenvalue weighted by molar-refractivity contribution is -0.0353. The van der Waals surface area contributed by atoms with E-state index < -0.39 is 5.82 Å². The SMILES string of the molecule is CCN(C(=O)c1cc(F)ccc1Oc1cncnc1N1CC2(CC(Oc3ccnc4c3CN(CC[C@@H]3COCCN3)CC4)C2)C1)C(C)C.Cl. The minimum Gasteiger partial charge on any atom is -0.490 e. The molecule has 11 nitrogen and oxygen atoms in total. The number of benzene rings is 1. The number of nitrogens with one attached hydrogen (secondary N) is 1. The van der Waals surface area contributed by atoms with Crippen molar-refractivity contribution in [3.05, 3.63) is 65.6 Å². The standard InChI is InChI=1S/C36H46FN7O4.ClH/c1-4-44(24(2)3)35(45)28-15-25(37)5-6-31(28)48-33-18-38-23-41-34(33)43-21-36(22-43)16-27(17-36)47-32-7-10-40-30-9-13-42(19-29(30)32)12-8-26-20-46-14-11-39-26;/h5-7,10,15,18,23-24,26-27,39H,4,8-9,11-14,16-17,19-22H2,1-3H3;1H/t26-;/m1./s1. The van der Waals surface area contributed by atoms with Crippen LogP contribution < -0.4 is 19.7 Å². The van der Waals surface area contributed by atoms with E-state index in [0.29, 0.717) is 24.2 Å². The monoisotopic (exact) mass is 695 g/mol. The normalized spacial score (nSPS) is 20.2. The average Bonchev–Trinajstić information content (AvgIpc) is 3.06. The number of fused-ring (bicyclic) bond motifs is 1. The molecule has 5 heterocycles. The van der Waals surface area contributed by atoms with Crippen molar-refractivity contribution >= 4 is 24.1 Å². The van der Waals surface area contributed by atoms with Crippen LogP contribution >= 0.6 is 12.4 Å². The number of rotatable bonds is 11. The van der Waals surface area contributed by atoms with E-state index in [1.807, 2.05) is 33.0 Å². The fourth-order valence-corrected chi connectivity index (χ4v) is 7.65. The third kappa shape index (κ3) is 7.62. The second-order valence-corrected chi connectivity index (χ2v) is 13.9. The van der Waals surface area contributed by atoms with Crippen molar-refractivity contribution in [2.24, 2.45) is 5.41 Å². The first kappa shape index (κ1) is 35.3. The van der Waals surface area contributed by atoms with Crippen molar-refractivity contribution < 1.29 is 23.4 Å². The Morgan fingerprint density at radius 2 is 2.02 bits per heavy atom. The number of pyridine rings is 1. The number of aromatic nitrogens is 3. The van der Waals surface area contributed by atoms with E-state index in [4.69, 9.17) is 14.2 Å². The van der Waals surface area contributed by atoms with Crippen molar-refractivity contribution in [2.75, 3.05) is 57.4 Å². The van der Waals surface area contributed by atoms with Crippen LogP contribution in [0.4, 0.5) is 10.2 Å². The lowest BCUT2D eigenvalue weighted by Crippen LogP contribution is -2.65. The van der Waals surface area contributed by atoms with Gasteiger partial charge in [0.05, 0.1) is 25.0 Å². The summed E-state index contributed by atoms with van der Waals surface area (Å²) < 4.78 is 32.8. The van der Waals surface area contributed by atoms with Gasteiger partial charge in [-0.3, -0.25) is 14.7 Å². The minimum absolute atomic E-state index is 0. The van der Waals surface area contributed by atoms with Gasteiger partial charge in [-0.05, 0) is 64.3 Å². The van der Waals surface area contributed by atoms with Gasteiger partial charge in [0.2, 0.25) is 0 Å². The van der Waals surface area contributed by atoms with Gasteiger partial charge in [0.25, 0.3) is 5.91 Å². The molecule has 1 spiro atoms. The molecular formula is C36H47ClFN7O4. The fraction of sp³-hybridized carbons (Fsp3) is 0.556. The molecule has 1 amide bonds. The molecule has 3 aliphatic heterocycles. The Hall–Kier alpha value is -3.58. The molecular weight excluding hydrogens is 649 g/mol. The van der Waals surface area contributed by atoms with E-state index in [1.165, 1.54) is 30.1 Å². The maximum atomic E-state index is 14.3. The van der Waals surface area contributed by atoms with Gasteiger partial charge >= 0.3 is 0 Å². The third-order valence-electron chi connectivity index (χ3n) is 10.2. The Kier molecular flexibility index (Phi) is 10.9. The number of ether oxygens (including phenoxy) is 3. The van der Waals surface area contributed by atoms with Crippen molar-refractivity contribution in [3.8, 4) is 17.2 Å². The van der Waals surface area contributed by atoms with Crippen LogP contribution in [0.15, 0.2) is 43.0 Å². The molecule has 264 valence electrons. The molecule has 49 heavy (non-hydrogen) atoms. The minimum atomic E-state index is -0.492. The van der Waals surface area contributed by atoms with Crippen LogP contribution in [0.5, 0.6) is 17.2 Å². The highest BCUT2D eigenvalue weighted by atomic mass is 35.5. The summed E-state index contributed by atoms with van der Waals surface area (Å²) in [5.74, 6) is 1.58. The molecule has 7 rings (SSSR count).